The standard InChI is InChI=1S/C9H11N3O/c13-11-12-6-2-4-9(12)8-3-1-5-10-7-8/h1,3,5,7,9H,2,4,6H2/t9-/m1/s1/i1D,3D,5D,7D. The summed E-state index contributed by atoms with van der Waals surface area (Å²) in [6.07, 6.45) is 0.775. The molecule has 68 valence electrons. The van der Waals surface area contributed by atoms with E-state index in [9.17, 15) is 4.91 Å². The molecule has 0 N–H and O–H groups in total. The first-order valence-corrected chi connectivity index (χ1v) is 4.10. The normalized spacial score (nSPS) is 26.2. The second-order valence-electron chi connectivity index (χ2n) is 2.90. The van der Waals surface area contributed by atoms with Crippen LogP contribution in [-0.4, -0.2) is 16.5 Å². The van der Waals surface area contributed by atoms with E-state index >= 15 is 0 Å². The molecule has 0 radical (unpaired) electrons. The van der Waals surface area contributed by atoms with Gasteiger partial charge in [-0.1, -0.05) is 6.04 Å². The van der Waals surface area contributed by atoms with Crippen molar-refractivity contribution in [3.8, 4) is 0 Å². The van der Waals surface area contributed by atoms with Crippen LogP contribution in [0, 0.1) is 4.91 Å². The van der Waals surface area contributed by atoms with E-state index in [2.05, 4.69) is 10.3 Å². The second-order valence-corrected chi connectivity index (χ2v) is 2.90. The van der Waals surface area contributed by atoms with E-state index in [1.54, 1.807) is 0 Å². The molecule has 1 saturated heterocycles. The van der Waals surface area contributed by atoms with Crippen LogP contribution in [0.5, 0.6) is 0 Å². The molecule has 1 atom stereocenters. The van der Waals surface area contributed by atoms with Crippen LogP contribution in [0.25, 0.3) is 0 Å². The summed E-state index contributed by atoms with van der Waals surface area (Å²) in [5.41, 5.74) is 0.225. The maximum Gasteiger partial charge on any atom is 0.0844 e. The summed E-state index contributed by atoms with van der Waals surface area (Å²) >= 11 is 0. The van der Waals surface area contributed by atoms with Gasteiger partial charge in [0.1, 0.15) is 0 Å². The molecule has 0 bridgehead atoms. The first-order valence-electron chi connectivity index (χ1n) is 6.10. The van der Waals surface area contributed by atoms with E-state index in [4.69, 9.17) is 5.48 Å². The van der Waals surface area contributed by atoms with E-state index < -0.39 is 6.04 Å². The maximum absolute atomic E-state index is 10.6. The van der Waals surface area contributed by atoms with Crippen molar-refractivity contribution in [3.63, 3.8) is 0 Å². The lowest BCUT2D eigenvalue weighted by Crippen LogP contribution is -2.15. The molecular weight excluding hydrogens is 166 g/mol. The highest BCUT2D eigenvalue weighted by Crippen LogP contribution is 2.30. The van der Waals surface area contributed by atoms with Gasteiger partial charge < -0.3 is 0 Å². The Balaban J connectivity index is 2.51. The molecule has 0 aromatic carbocycles. The molecule has 2 rings (SSSR count). The number of hydrogen-bond acceptors (Lipinski definition) is 3. The van der Waals surface area contributed by atoms with Crippen molar-refractivity contribution in [1.29, 1.82) is 0 Å². The monoisotopic (exact) mass is 181 g/mol. The van der Waals surface area contributed by atoms with Gasteiger partial charge in [-0.05, 0) is 24.4 Å². The van der Waals surface area contributed by atoms with Gasteiger partial charge in [-0.2, -0.15) is 0 Å². The van der Waals surface area contributed by atoms with Crippen LogP contribution in [0.1, 0.15) is 29.9 Å². The van der Waals surface area contributed by atoms with Crippen molar-refractivity contribution < 1.29 is 5.48 Å². The highest BCUT2D eigenvalue weighted by atomic mass is 16.3. The first-order chi connectivity index (χ1) is 8.06. The fourth-order valence-corrected chi connectivity index (χ4v) is 1.54. The highest BCUT2D eigenvalue weighted by Gasteiger charge is 2.25. The third-order valence-electron chi connectivity index (χ3n) is 2.15. The van der Waals surface area contributed by atoms with Gasteiger partial charge in [0.25, 0.3) is 0 Å². The Kier molecular flexibility index (Phi) is 1.27. The summed E-state index contributed by atoms with van der Waals surface area (Å²) in [7, 11) is 0. The van der Waals surface area contributed by atoms with E-state index in [0.29, 0.717) is 13.0 Å². The molecule has 0 aliphatic carbocycles. The Hall–Kier alpha value is -1.45. The van der Waals surface area contributed by atoms with Crippen molar-refractivity contribution in [1.82, 2.24) is 9.99 Å². The SMILES string of the molecule is [2H]c1nc([2H])c([C@H]2CCCN2N=O)c([2H])c1[2H]. The van der Waals surface area contributed by atoms with Crippen LogP contribution in [0.15, 0.2) is 29.7 Å². The molecule has 1 fully saturated rings. The minimum atomic E-state index is -0.454. The van der Waals surface area contributed by atoms with Gasteiger partial charge in [-0.3, -0.25) is 9.99 Å². The predicted molar refractivity (Wildman–Crippen MR) is 48.7 cm³/mol. The fourth-order valence-electron chi connectivity index (χ4n) is 1.54. The van der Waals surface area contributed by atoms with Crippen molar-refractivity contribution in [2.24, 2.45) is 5.29 Å². The van der Waals surface area contributed by atoms with Crippen molar-refractivity contribution in [2.45, 2.75) is 18.9 Å². The summed E-state index contributed by atoms with van der Waals surface area (Å²) in [5.74, 6) is 0. The van der Waals surface area contributed by atoms with Crippen LogP contribution in [0.3, 0.4) is 0 Å². The highest BCUT2D eigenvalue weighted by molar-refractivity contribution is 5.14. The lowest BCUT2D eigenvalue weighted by Gasteiger charge is -2.17. The zero-order valence-electron chi connectivity index (χ0n) is 10.9. The average Bonchev–Trinajstić information content (AvgIpc) is 2.74. The molecule has 0 spiro atoms. The van der Waals surface area contributed by atoms with Crippen molar-refractivity contribution >= 4 is 0 Å². The van der Waals surface area contributed by atoms with Crippen LogP contribution >= 0.6 is 0 Å². The van der Waals surface area contributed by atoms with Gasteiger partial charge in [0.2, 0.25) is 0 Å². The van der Waals surface area contributed by atoms with E-state index in [1.165, 1.54) is 5.01 Å². The second kappa shape index (κ2) is 3.51. The number of nitroso groups, excluding NO2 is 1. The molecule has 1 aromatic rings. The van der Waals surface area contributed by atoms with Gasteiger partial charge in [-0.25, -0.2) is 0 Å². The molecule has 1 aliphatic heterocycles. The van der Waals surface area contributed by atoms with Gasteiger partial charge >= 0.3 is 0 Å². The Morgan fingerprint density at radius 1 is 1.77 bits per heavy atom. The zero-order chi connectivity index (χ0) is 12.6. The molecule has 4 heteroatoms. The molecule has 2 heterocycles. The summed E-state index contributed by atoms with van der Waals surface area (Å²) < 4.78 is 30.3. The third-order valence-corrected chi connectivity index (χ3v) is 2.15. The molecule has 0 amide bonds. The minimum absolute atomic E-state index is 0.199. The lowest BCUT2D eigenvalue weighted by atomic mass is 10.1. The quantitative estimate of drug-likeness (QED) is 0.654. The third kappa shape index (κ3) is 1.52. The summed E-state index contributed by atoms with van der Waals surface area (Å²) in [4.78, 5) is 14.2. The van der Waals surface area contributed by atoms with Crippen LogP contribution in [0.4, 0.5) is 0 Å². The predicted octanol–water partition coefficient (Wildman–Crippen LogP) is 1.90. The molecular formula is C9H11N3O. The van der Waals surface area contributed by atoms with E-state index in [0.717, 1.165) is 6.42 Å². The fraction of sp³-hybridized carbons (Fsp3) is 0.444. The molecule has 0 saturated carbocycles. The van der Waals surface area contributed by atoms with Crippen LogP contribution in [-0.2, 0) is 0 Å². The minimum Gasteiger partial charge on any atom is -0.264 e. The molecule has 0 unspecified atom stereocenters. The molecule has 1 aromatic heterocycles. The Bertz CT molecular complexity index is 468. The number of hydrogen-bond donors (Lipinski definition) is 0. The Morgan fingerprint density at radius 3 is 3.54 bits per heavy atom. The van der Waals surface area contributed by atoms with Crippen molar-refractivity contribution in [3.05, 3.63) is 34.9 Å². The van der Waals surface area contributed by atoms with E-state index in [-0.39, 0.29) is 30.0 Å². The molecule has 13 heavy (non-hydrogen) atoms. The van der Waals surface area contributed by atoms with Gasteiger partial charge in [0, 0.05) is 18.9 Å². The number of aromatic nitrogens is 1. The first kappa shape index (κ1) is 4.69. The smallest absolute Gasteiger partial charge is 0.0844 e. The topological polar surface area (TPSA) is 45.6 Å². The van der Waals surface area contributed by atoms with Gasteiger partial charge in [0.05, 0.1) is 16.8 Å². The largest absolute Gasteiger partial charge is 0.264 e. The molecule has 1 aliphatic rings. The van der Waals surface area contributed by atoms with Crippen LogP contribution < -0.4 is 0 Å². The van der Waals surface area contributed by atoms with Gasteiger partial charge in [-0.15, -0.1) is 4.91 Å². The summed E-state index contributed by atoms with van der Waals surface area (Å²) in [6, 6.07) is -0.964. The lowest BCUT2D eigenvalue weighted by molar-refractivity contribution is 0.266. The van der Waals surface area contributed by atoms with Crippen LogP contribution in [0.2, 0.25) is 0 Å². The number of rotatable bonds is 2. The van der Waals surface area contributed by atoms with Gasteiger partial charge in [0.15, 0.2) is 0 Å². The average molecular weight is 181 g/mol. The Morgan fingerprint density at radius 2 is 2.69 bits per heavy atom. The number of nitrogens with zero attached hydrogens (tertiary/aromatic N) is 3. The maximum atomic E-state index is 10.6. The summed E-state index contributed by atoms with van der Waals surface area (Å²) in [5, 5.41) is 4.13. The zero-order valence-corrected chi connectivity index (χ0v) is 6.95. The Labute approximate surface area is 82.1 Å². The molecule has 4 nitrogen and oxygen atoms in total. The number of pyridine rings is 1. The summed E-state index contributed by atoms with van der Waals surface area (Å²) in [6.45, 7) is 0.489. The van der Waals surface area contributed by atoms with E-state index in [1.807, 2.05) is 0 Å². The van der Waals surface area contributed by atoms with Crippen molar-refractivity contribution in [2.75, 3.05) is 6.54 Å².